The van der Waals surface area contributed by atoms with E-state index in [-0.39, 0.29) is 11.5 Å². The molecule has 33 heavy (non-hydrogen) atoms. The Morgan fingerprint density at radius 2 is 1.82 bits per heavy atom. The molecule has 4 rings (SSSR count). The lowest BCUT2D eigenvalue weighted by Gasteiger charge is -2.27. The number of amides is 1. The molecule has 2 aromatic carbocycles. The lowest BCUT2D eigenvalue weighted by molar-refractivity contribution is -0.118. The van der Waals surface area contributed by atoms with Gasteiger partial charge in [-0.25, -0.2) is 8.42 Å². The molecule has 0 radical (unpaired) electrons. The van der Waals surface area contributed by atoms with Crippen LogP contribution in [0.5, 0.6) is 5.75 Å². The number of nitrogens with one attached hydrogen (secondary N) is 1. The van der Waals surface area contributed by atoms with Crippen molar-refractivity contribution in [2.24, 2.45) is 0 Å². The Kier molecular flexibility index (Phi) is 7.13. The number of nitriles is 1. The summed E-state index contributed by atoms with van der Waals surface area (Å²) in [6.07, 6.45) is 2.07. The van der Waals surface area contributed by atoms with Gasteiger partial charge < -0.3 is 19.7 Å². The number of hydrogen-bond acceptors (Lipinski definition) is 7. The molecule has 1 N–H and O–H groups in total. The van der Waals surface area contributed by atoms with E-state index in [1.165, 1.54) is 10.4 Å². The van der Waals surface area contributed by atoms with E-state index in [1.54, 1.807) is 36.4 Å². The maximum Gasteiger partial charge on any atom is 0.262 e. The molecule has 0 aromatic heterocycles. The number of anilines is 2. The van der Waals surface area contributed by atoms with Crippen molar-refractivity contribution in [3.63, 3.8) is 0 Å². The maximum absolute atomic E-state index is 13.1. The van der Waals surface area contributed by atoms with Crippen LogP contribution >= 0.6 is 0 Å². The van der Waals surface area contributed by atoms with Crippen LogP contribution in [0.25, 0.3) is 0 Å². The van der Waals surface area contributed by atoms with Crippen LogP contribution in [0.2, 0.25) is 0 Å². The summed E-state index contributed by atoms with van der Waals surface area (Å²) in [5.74, 6) is -0.123. The van der Waals surface area contributed by atoms with Crippen molar-refractivity contribution >= 4 is 27.3 Å². The van der Waals surface area contributed by atoms with Gasteiger partial charge in [0.25, 0.3) is 5.91 Å². The third kappa shape index (κ3) is 5.27. The van der Waals surface area contributed by atoms with E-state index in [0.717, 1.165) is 31.6 Å². The molecule has 0 bridgehead atoms. The van der Waals surface area contributed by atoms with Gasteiger partial charge in [0, 0.05) is 26.2 Å². The fourth-order valence-electron chi connectivity index (χ4n) is 3.96. The van der Waals surface area contributed by atoms with Crippen LogP contribution in [0, 0.1) is 11.3 Å². The van der Waals surface area contributed by atoms with Crippen LogP contribution in [-0.2, 0) is 19.6 Å². The minimum Gasteiger partial charge on any atom is -0.482 e. The summed E-state index contributed by atoms with van der Waals surface area (Å²) in [6, 6.07) is 13.6. The summed E-state index contributed by atoms with van der Waals surface area (Å²) in [4.78, 5) is 15.0. The van der Waals surface area contributed by atoms with E-state index in [4.69, 9.17) is 9.47 Å². The summed E-state index contributed by atoms with van der Waals surface area (Å²) < 4.78 is 38.5. The quantitative estimate of drug-likeness (QED) is 0.660. The van der Waals surface area contributed by atoms with Crippen molar-refractivity contribution in [3.05, 3.63) is 48.0 Å². The van der Waals surface area contributed by atoms with Gasteiger partial charge in [-0.05, 0) is 43.2 Å². The third-order valence-electron chi connectivity index (χ3n) is 5.66. The Labute approximate surface area is 193 Å². The Morgan fingerprint density at radius 1 is 1.09 bits per heavy atom. The van der Waals surface area contributed by atoms with Gasteiger partial charge >= 0.3 is 0 Å². The van der Waals surface area contributed by atoms with E-state index in [1.807, 2.05) is 6.07 Å². The Morgan fingerprint density at radius 3 is 2.55 bits per heavy atom. The third-order valence-corrected chi connectivity index (χ3v) is 7.56. The molecule has 2 heterocycles. The number of carbonyl (C=O) groups excluding carboxylic acids is 1. The van der Waals surface area contributed by atoms with Gasteiger partial charge in [0.15, 0.2) is 6.61 Å². The zero-order valence-electron chi connectivity index (χ0n) is 18.2. The summed E-state index contributed by atoms with van der Waals surface area (Å²) in [6.45, 7) is 2.67. The van der Waals surface area contributed by atoms with Crippen molar-refractivity contribution in [1.82, 2.24) is 4.31 Å². The Hall–Kier alpha value is -3.13. The van der Waals surface area contributed by atoms with Gasteiger partial charge in [0.1, 0.15) is 11.8 Å². The van der Waals surface area contributed by atoms with Crippen molar-refractivity contribution in [1.29, 1.82) is 5.26 Å². The van der Waals surface area contributed by atoms with Crippen molar-refractivity contribution in [2.45, 2.75) is 17.7 Å². The number of morpholine rings is 1. The fourth-order valence-corrected chi connectivity index (χ4v) is 5.39. The topological polar surface area (TPSA) is 112 Å². The van der Waals surface area contributed by atoms with E-state index < -0.39 is 15.9 Å². The lowest BCUT2D eigenvalue weighted by atomic mass is 10.2. The van der Waals surface area contributed by atoms with Gasteiger partial charge in [0.2, 0.25) is 10.0 Å². The standard InChI is InChI=1S/C23H26N4O5S/c24-16-18-5-1-2-6-22(18)32-17-23(28)25-20-15-19(7-8-21(20)26-9-3-4-10-26)33(29,30)27-11-13-31-14-12-27/h1-2,5-8,15H,3-4,9-14,17H2,(H,25,28). The first-order valence-electron chi connectivity index (χ1n) is 10.9. The average Bonchev–Trinajstić information content (AvgIpc) is 3.38. The number of sulfonamides is 1. The largest absolute Gasteiger partial charge is 0.482 e. The number of ether oxygens (including phenoxy) is 2. The Bertz CT molecular complexity index is 1150. The number of para-hydroxylation sites is 1. The first-order chi connectivity index (χ1) is 16.0. The molecule has 0 aliphatic carbocycles. The number of carbonyl (C=O) groups is 1. The molecule has 0 saturated carbocycles. The van der Waals surface area contributed by atoms with Gasteiger partial charge in [0.05, 0.1) is 35.0 Å². The molecule has 0 atom stereocenters. The molecular weight excluding hydrogens is 444 g/mol. The molecule has 1 amide bonds. The molecule has 174 valence electrons. The normalized spacial score (nSPS) is 16.9. The fraction of sp³-hybridized carbons (Fsp3) is 0.391. The van der Waals surface area contributed by atoms with Crippen LogP contribution in [-0.4, -0.2) is 64.6 Å². The molecular formula is C23H26N4O5S. The highest BCUT2D eigenvalue weighted by Crippen LogP contribution is 2.32. The van der Waals surface area contributed by atoms with Crippen LogP contribution < -0.4 is 15.0 Å². The predicted octanol–water partition coefficient (Wildman–Crippen LogP) is 2.20. The summed E-state index contributed by atoms with van der Waals surface area (Å²) in [5, 5.41) is 12.0. The van der Waals surface area contributed by atoms with Crippen molar-refractivity contribution in [2.75, 3.05) is 56.2 Å². The second kappa shape index (κ2) is 10.2. The van der Waals surface area contributed by atoms with E-state index in [0.29, 0.717) is 43.3 Å². The van der Waals surface area contributed by atoms with Gasteiger partial charge in [-0.2, -0.15) is 9.57 Å². The zero-order chi connectivity index (χ0) is 23.3. The molecule has 0 spiro atoms. The first-order valence-corrected chi connectivity index (χ1v) is 12.3. The van der Waals surface area contributed by atoms with Crippen LogP contribution in [0.4, 0.5) is 11.4 Å². The summed E-state index contributed by atoms with van der Waals surface area (Å²) >= 11 is 0. The second-order valence-electron chi connectivity index (χ2n) is 7.83. The zero-order valence-corrected chi connectivity index (χ0v) is 19.0. The average molecular weight is 471 g/mol. The van der Waals surface area contributed by atoms with Crippen LogP contribution in [0.1, 0.15) is 18.4 Å². The smallest absolute Gasteiger partial charge is 0.262 e. The van der Waals surface area contributed by atoms with E-state index in [2.05, 4.69) is 10.2 Å². The highest BCUT2D eigenvalue weighted by Gasteiger charge is 2.28. The van der Waals surface area contributed by atoms with Crippen LogP contribution in [0.3, 0.4) is 0 Å². The predicted molar refractivity (Wildman–Crippen MR) is 123 cm³/mol. The number of benzene rings is 2. The lowest BCUT2D eigenvalue weighted by Crippen LogP contribution is -2.40. The van der Waals surface area contributed by atoms with Crippen LogP contribution in [0.15, 0.2) is 47.4 Å². The number of nitrogens with zero attached hydrogens (tertiary/aromatic N) is 3. The molecule has 2 saturated heterocycles. The SMILES string of the molecule is N#Cc1ccccc1OCC(=O)Nc1cc(S(=O)(=O)N2CCOCC2)ccc1N1CCCC1. The van der Waals surface area contributed by atoms with Gasteiger partial charge in [-0.3, -0.25) is 4.79 Å². The van der Waals surface area contributed by atoms with Gasteiger partial charge in [-0.15, -0.1) is 0 Å². The minimum atomic E-state index is -3.71. The van der Waals surface area contributed by atoms with E-state index in [9.17, 15) is 18.5 Å². The molecule has 2 aliphatic heterocycles. The summed E-state index contributed by atoms with van der Waals surface area (Å²) in [5.41, 5.74) is 1.54. The molecule has 9 nitrogen and oxygen atoms in total. The molecule has 2 aromatic rings. The molecule has 2 fully saturated rings. The first kappa shape index (κ1) is 23.0. The monoisotopic (exact) mass is 470 g/mol. The van der Waals surface area contributed by atoms with Crippen molar-refractivity contribution < 1.29 is 22.7 Å². The molecule has 10 heteroatoms. The summed E-state index contributed by atoms with van der Waals surface area (Å²) in [7, 11) is -3.71. The molecule has 2 aliphatic rings. The highest BCUT2D eigenvalue weighted by molar-refractivity contribution is 7.89. The number of hydrogen-bond donors (Lipinski definition) is 1. The number of rotatable bonds is 7. The van der Waals surface area contributed by atoms with Gasteiger partial charge in [-0.1, -0.05) is 12.1 Å². The van der Waals surface area contributed by atoms with Crippen molar-refractivity contribution in [3.8, 4) is 11.8 Å². The molecule has 0 unspecified atom stereocenters. The Balaban J connectivity index is 1.56. The maximum atomic E-state index is 13.1. The highest BCUT2D eigenvalue weighted by atomic mass is 32.2. The van der Waals surface area contributed by atoms with E-state index >= 15 is 0 Å². The second-order valence-corrected chi connectivity index (χ2v) is 9.77. The minimum absolute atomic E-state index is 0.124.